The molecule has 0 aliphatic rings. The van der Waals surface area contributed by atoms with E-state index >= 15 is 0 Å². The van der Waals surface area contributed by atoms with Crippen LogP contribution in [0.25, 0.3) is 0 Å². The Morgan fingerprint density at radius 1 is 0.267 bits per heavy atom. The molecule has 0 amide bonds. The summed E-state index contributed by atoms with van der Waals surface area (Å²) in [5, 5.41) is 0. The molecule has 0 saturated heterocycles. The zero-order valence-corrected chi connectivity index (χ0v) is 43.1. The third-order valence-corrected chi connectivity index (χ3v) is 13.4. The summed E-state index contributed by atoms with van der Waals surface area (Å²) in [6, 6.07) is 0. The standard InChI is InChI=1S/C54H108N2O2S2/c1-5-9-13-17-21-25-29-33-37-41-45-55(46-42-38-34-30-26-22-18-14-10-6-2)53(59)51-57-49-50-58-52-54(60)56(47-43-39-35-31-27-23-19-15-11-7-3)48-44-40-36-32-28-24-20-16-12-8-4/h5-52H2,1-4H3. The van der Waals surface area contributed by atoms with Crippen LogP contribution < -0.4 is 0 Å². The summed E-state index contributed by atoms with van der Waals surface area (Å²) in [5.74, 6) is 0. The summed E-state index contributed by atoms with van der Waals surface area (Å²) < 4.78 is 12.3. The monoisotopic (exact) mass is 881 g/mol. The van der Waals surface area contributed by atoms with Gasteiger partial charge in [-0.15, -0.1) is 0 Å². The smallest absolute Gasteiger partial charge is 0.104 e. The van der Waals surface area contributed by atoms with Crippen LogP contribution in [0.1, 0.15) is 285 Å². The molecule has 358 valence electrons. The highest BCUT2D eigenvalue weighted by Crippen LogP contribution is 2.16. The van der Waals surface area contributed by atoms with E-state index in [4.69, 9.17) is 33.9 Å². The highest BCUT2D eigenvalue weighted by Gasteiger charge is 2.12. The van der Waals surface area contributed by atoms with Crippen molar-refractivity contribution in [3.05, 3.63) is 0 Å². The lowest BCUT2D eigenvalue weighted by atomic mass is 10.1. The Hall–Kier alpha value is -0.300. The van der Waals surface area contributed by atoms with Crippen molar-refractivity contribution in [3.63, 3.8) is 0 Å². The van der Waals surface area contributed by atoms with Gasteiger partial charge in [0.2, 0.25) is 0 Å². The molecule has 0 aliphatic heterocycles. The molecule has 0 aromatic carbocycles. The third kappa shape index (κ3) is 44.3. The van der Waals surface area contributed by atoms with Gasteiger partial charge in [0.05, 0.1) is 26.4 Å². The van der Waals surface area contributed by atoms with Crippen molar-refractivity contribution in [3.8, 4) is 0 Å². The van der Waals surface area contributed by atoms with Gasteiger partial charge in [-0.1, -0.05) is 283 Å². The Balaban J connectivity index is 4.63. The van der Waals surface area contributed by atoms with Crippen molar-refractivity contribution < 1.29 is 9.47 Å². The summed E-state index contributed by atoms with van der Waals surface area (Å²) in [6.07, 6.45) is 54.8. The highest BCUT2D eigenvalue weighted by molar-refractivity contribution is 7.80. The van der Waals surface area contributed by atoms with Crippen LogP contribution in [0.3, 0.4) is 0 Å². The number of unbranched alkanes of at least 4 members (excludes halogenated alkanes) is 36. The summed E-state index contributed by atoms with van der Waals surface area (Å²) in [7, 11) is 0. The van der Waals surface area contributed by atoms with Crippen molar-refractivity contribution in [2.75, 3.05) is 52.6 Å². The molecular weight excluding hydrogens is 773 g/mol. The van der Waals surface area contributed by atoms with Gasteiger partial charge in [-0.05, 0) is 25.7 Å². The van der Waals surface area contributed by atoms with Crippen molar-refractivity contribution >= 4 is 34.4 Å². The summed E-state index contributed by atoms with van der Waals surface area (Å²) in [4.78, 5) is 6.91. The Kier molecular flexibility index (Phi) is 51.1. The van der Waals surface area contributed by atoms with Crippen molar-refractivity contribution in [2.24, 2.45) is 0 Å². The van der Waals surface area contributed by atoms with Crippen LogP contribution in [0, 0.1) is 0 Å². The molecule has 60 heavy (non-hydrogen) atoms. The number of hydrogen-bond donors (Lipinski definition) is 0. The lowest BCUT2D eigenvalue weighted by Gasteiger charge is -2.26. The minimum atomic E-state index is 0.530. The second-order valence-electron chi connectivity index (χ2n) is 18.6. The van der Waals surface area contributed by atoms with Gasteiger partial charge in [0, 0.05) is 26.2 Å². The Morgan fingerprint density at radius 3 is 0.617 bits per heavy atom. The quantitative estimate of drug-likeness (QED) is 0.0446. The van der Waals surface area contributed by atoms with E-state index in [9.17, 15) is 0 Å². The highest BCUT2D eigenvalue weighted by atomic mass is 32.1. The first-order valence-electron chi connectivity index (χ1n) is 27.3. The molecule has 0 heterocycles. The van der Waals surface area contributed by atoms with Gasteiger partial charge in [-0.3, -0.25) is 0 Å². The Morgan fingerprint density at radius 2 is 0.433 bits per heavy atom. The molecule has 0 spiro atoms. The van der Waals surface area contributed by atoms with E-state index in [1.165, 1.54) is 257 Å². The zero-order chi connectivity index (χ0) is 43.7. The molecule has 6 heteroatoms. The van der Waals surface area contributed by atoms with Crippen LogP contribution >= 0.6 is 24.4 Å². The molecule has 0 N–H and O–H groups in total. The van der Waals surface area contributed by atoms with E-state index in [0.29, 0.717) is 26.4 Å². The maximum absolute atomic E-state index is 6.13. The van der Waals surface area contributed by atoms with E-state index in [2.05, 4.69) is 37.5 Å². The first-order chi connectivity index (χ1) is 29.6. The second kappa shape index (κ2) is 51.3. The average Bonchev–Trinajstić information content (AvgIpc) is 3.25. The minimum Gasteiger partial charge on any atom is -0.372 e. The second-order valence-corrected chi connectivity index (χ2v) is 19.5. The SMILES string of the molecule is CCCCCCCCCCCCN(CCCCCCCCCCCC)C(=S)COCCOCC(=S)N(CCCCCCCCCCCC)CCCCCCCCCCCC. The van der Waals surface area contributed by atoms with Gasteiger partial charge < -0.3 is 19.3 Å². The first kappa shape index (κ1) is 59.7. The predicted molar refractivity (Wildman–Crippen MR) is 277 cm³/mol. The number of hydrogen-bond acceptors (Lipinski definition) is 4. The van der Waals surface area contributed by atoms with Crippen molar-refractivity contribution in [1.29, 1.82) is 0 Å². The summed E-state index contributed by atoms with van der Waals surface area (Å²) >= 11 is 12.0. The molecule has 0 saturated carbocycles. The van der Waals surface area contributed by atoms with E-state index < -0.39 is 0 Å². The summed E-state index contributed by atoms with van der Waals surface area (Å²) in [6.45, 7) is 15.7. The van der Waals surface area contributed by atoms with Crippen LogP contribution in [0.4, 0.5) is 0 Å². The average molecular weight is 882 g/mol. The molecule has 0 atom stereocenters. The van der Waals surface area contributed by atoms with Gasteiger partial charge in [-0.2, -0.15) is 0 Å². The summed E-state index contributed by atoms with van der Waals surface area (Å²) in [5.41, 5.74) is 0. The lowest BCUT2D eigenvalue weighted by Crippen LogP contribution is -2.35. The van der Waals surface area contributed by atoms with E-state index in [1.54, 1.807) is 0 Å². The fourth-order valence-electron chi connectivity index (χ4n) is 8.50. The zero-order valence-electron chi connectivity index (χ0n) is 41.5. The fourth-order valence-corrected chi connectivity index (χ4v) is 9.03. The molecule has 0 aliphatic carbocycles. The topological polar surface area (TPSA) is 24.9 Å². The third-order valence-electron chi connectivity index (χ3n) is 12.7. The van der Waals surface area contributed by atoms with Gasteiger partial charge in [0.25, 0.3) is 0 Å². The molecular formula is C54H108N2O2S2. The number of rotatable bonds is 51. The van der Waals surface area contributed by atoms with Gasteiger partial charge in [0.1, 0.15) is 9.98 Å². The normalized spacial score (nSPS) is 11.5. The Bertz CT molecular complexity index is 742. The van der Waals surface area contributed by atoms with Gasteiger partial charge in [0.15, 0.2) is 0 Å². The van der Waals surface area contributed by atoms with Crippen LogP contribution in [0.2, 0.25) is 0 Å². The molecule has 0 unspecified atom stereocenters. The van der Waals surface area contributed by atoms with Crippen molar-refractivity contribution in [1.82, 2.24) is 9.80 Å². The molecule has 0 fully saturated rings. The molecule has 0 aromatic rings. The van der Waals surface area contributed by atoms with E-state index in [0.717, 1.165) is 36.2 Å². The molecule has 0 aromatic heterocycles. The lowest BCUT2D eigenvalue weighted by molar-refractivity contribution is 0.0745. The fraction of sp³-hybridized carbons (Fsp3) is 0.963. The van der Waals surface area contributed by atoms with Crippen LogP contribution in [-0.2, 0) is 9.47 Å². The van der Waals surface area contributed by atoms with E-state index in [1.807, 2.05) is 0 Å². The molecule has 4 nitrogen and oxygen atoms in total. The molecule has 0 rings (SSSR count). The van der Waals surface area contributed by atoms with Crippen LogP contribution in [0.5, 0.6) is 0 Å². The first-order valence-corrected chi connectivity index (χ1v) is 28.1. The van der Waals surface area contributed by atoms with Gasteiger partial charge in [-0.25, -0.2) is 0 Å². The number of nitrogens with zero attached hydrogens (tertiary/aromatic N) is 2. The van der Waals surface area contributed by atoms with Gasteiger partial charge >= 0.3 is 0 Å². The predicted octanol–water partition coefficient (Wildman–Crippen LogP) is 18.0. The van der Waals surface area contributed by atoms with Crippen LogP contribution in [0.15, 0.2) is 0 Å². The van der Waals surface area contributed by atoms with Crippen LogP contribution in [-0.4, -0.2) is 72.4 Å². The largest absolute Gasteiger partial charge is 0.372 e. The molecule has 0 bridgehead atoms. The maximum atomic E-state index is 6.13. The maximum Gasteiger partial charge on any atom is 0.104 e. The number of ether oxygens (including phenoxy) is 2. The minimum absolute atomic E-state index is 0.530. The van der Waals surface area contributed by atoms with E-state index in [-0.39, 0.29) is 0 Å². The number of thiocarbonyl (C=S) groups is 2. The Labute approximate surface area is 389 Å². The molecule has 0 radical (unpaired) electrons. The van der Waals surface area contributed by atoms with Crippen molar-refractivity contribution in [2.45, 2.75) is 285 Å².